The Bertz CT molecular complexity index is 743. The number of amides is 1. The Morgan fingerprint density at radius 1 is 1.22 bits per heavy atom. The zero-order valence-electron chi connectivity index (χ0n) is 15.8. The molecule has 1 amide bonds. The first kappa shape index (κ1) is 20.5. The zero-order valence-corrected chi connectivity index (χ0v) is 17.3. The summed E-state index contributed by atoms with van der Waals surface area (Å²) in [5, 5.41) is 0.640. The van der Waals surface area contributed by atoms with Gasteiger partial charge in [-0.2, -0.15) is 0 Å². The molecule has 1 aromatic rings. The monoisotopic (exact) mass is 411 g/mol. The molecule has 0 bridgehead atoms. The van der Waals surface area contributed by atoms with Crippen molar-refractivity contribution in [1.29, 1.82) is 0 Å². The molecule has 4 nitrogen and oxygen atoms in total. The van der Waals surface area contributed by atoms with Gasteiger partial charge in [-0.05, 0) is 56.1 Å². The van der Waals surface area contributed by atoms with Crippen molar-refractivity contribution >= 4 is 34.9 Å². The van der Waals surface area contributed by atoms with Crippen LogP contribution in [-0.4, -0.2) is 18.3 Å². The van der Waals surface area contributed by atoms with Crippen LogP contribution in [0.15, 0.2) is 6.07 Å². The molecule has 1 aromatic carbocycles. The van der Waals surface area contributed by atoms with Crippen LogP contribution in [0.1, 0.15) is 74.2 Å². The maximum Gasteiger partial charge on any atom is 0.217 e. The summed E-state index contributed by atoms with van der Waals surface area (Å²) in [7, 11) is 0. The van der Waals surface area contributed by atoms with Crippen LogP contribution in [0.3, 0.4) is 0 Å². The smallest absolute Gasteiger partial charge is 0.217 e. The number of hydrogen-bond donors (Lipinski definition) is 1. The Morgan fingerprint density at radius 2 is 1.93 bits per heavy atom. The Kier molecular flexibility index (Phi) is 6.37. The molecule has 3 rings (SSSR count). The lowest BCUT2D eigenvalue weighted by atomic mass is 9.73. The summed E-state index contributed by atoms with van der Waals surface area (Å²) in [6.07, 6.45) is 8.13. The molecule has 2 N–H and O–H groups in total. The van der Waals surface area contributed by atoms with Gasteiger partial charge < -0.3 is 10.5 Å². The van der Waals surface area contributed by atoms with Crippen molar-refractivity contribution in [1.82, 2.24) is 0 Å². The van der Waals surface area contributed by atoms with Crippen molar-refractivity contribution in [3.8, 4) is 5.75 Å². The maximum atomic E-state index is 13.2. The molecule has 6 heteroatoms. The minimum Gasteiger partial charge on any atom is -0.492 e. The summed E-state index contributed by atoms with van der Waals surface area (Å²) in [5.41, 5.74) is 6.30. The van der Waals surface area contributed by atoms with E-state index < -0.39 is 0 Å². The van der Waals surface area contributed by atoms with Gasteiger partial charge in [0.15, 0.2) is 5.78 Å². The zero-order chi connectivity index (χ0) is 19.6. The molecule has 1 atom stereocenters. The van der Waals surface area contributed by atoms with Gasteiger partial charge in [0.05, 0.1) is 11.6 Å². The number of halogens is 2. The molecule has 27 heavy (non-hydrogen) atoms. The first-order valence-electron chi connectivity index (χ1n) is 9.81. The molecule has 0 heterocycles. The number of rotatable bonds is 8. The van der Waals surface area contributed by atoms with Gasteiger partial charge in [-0.15, -0.1) is 0 Å². The SMILES string of the molecule is CC1(C2CCCC2)Cc2cc(OCCCCCC(N)=O)c(Cl)c(Cl)c2C1=O. The number of benzene rings is 1. The van der Waals surface area contributed by atoms with Crippen LogP contribution in [0.2, 0.25) is 10.0 Å². The maximum absolute atomic E-state index is 13.2. The van der Waals surface area contributed by atoms with Gasteiger partial charge in [0.2, 0.25) is 5.91 Å². The summed E-state index contributed by atoms with van der Waals surface area (Å²) in [6.45, 7) is 2.57. The number of fused-ring (bicyclic) bond motifs is 1. The molecule has 0 aliphatic heterocycles. The number of nitrogens with two attached hydrogens (primary N) is 1. The number of ketones is 1. The van der Waals surface area contributed by atoms with Gasteiger partial charge in [-0.25, -0.2) is 0 Å². The van der Waals surface area contributed by atoms with E-state index >= 15 is 0 Å². The van der Waals surface area contributed by atoms with Crippen LogP contribution in [-0.2, 0) is 11.2 Å². The third-order valence-electron chi connectivity index (χ3n) is 6.14. The Morgan fingerprint density at radius 3 is 2.59 bits per heavy atom. The average Bonchev–Trinajstić information content (AvgIpc) is 3.23. The van der Waals surface area contributed by atoms with Crippen molar-refractivity contribution < 1.29 is 14.3 Å². The summed E-state index contributed by atoms with van der Waals surface area (Å²) in [6, 6.07) is 1.89. The molecule has 1 unspecified atom stereocenters. The molecule has 1 saturated carbocycles. The van der Waals surface area contributed by atoms with Crippen molar-refractivity contribution in [2.24, 2.45) is 17.1 Å². The van der Waals surface area contributed by atoms with Gasteiger partial charge >= 0.3 is 0 Å². The lowest BCUT2D eigenvalue weighted by Gasteiger charge is -2.29. The first-order valence-corrected chi connectivity index (χ1v) is 10.6. The Labute approximate surface area is 170 Å². The fourth-order valence-electron chi connectivity index (χ4n) is 4.56. The van der Waals surface area contributed by atoms with Crippen LogP contribution in [0.25, 0.3) is 0 Å². The number of carbonyl (C=O) groups is 2. The quantitative estimate of drug-likeness (QED) is 0.585. The minimum absolute atomic E-state index is 0.134. The minimum atomic E-state index is -0.376. The lowest BCUT2D eigenvalue weighted by Crippen LogP contribution is -2.32. The van der Waals surface area contributed by atoms with E-state index in [4.69, 9.17) is 33.7 Å². The van der Waals surface area contributed by atoms with E-state index in [1.165, 1.54) is 12.8 Å². The van der Waals surface area contributed by atoms with Crippen LogP contribution in [0, 0.1) is 11.3 Å². The van der Waals surface area contributed by atoms with E-state index in [1.54, 1.807) is 0 Å². The molecule has 2 aliphatic rings. The van der Waals surface area contributed by atoms with Crippen LogP contribution < -0.4 is 10.5 Å². The van der Waals surface area contributed by atoms with Crippen LogP contribution in [0.5, 0.6) is 5.75 Å². The van der Waals surface area contributed by atoms with E-state index in [0.717, 1.165) is 37.7 Å². The largest absolute Gasteiger partial charge is 0.492 e. The molecule has 2 aliphatic carbocycles. The van der Waals surface area contributed by atoms with E-state index in [0.29, 0.717) is 46.7 Å². The second-order valence-electron chi connectivity index (χ2n) is 8.07. The summed E-state index contributed by atoms with van der Waals surface area (Å²) < 4.78 is 5.83. The number of unbranched alkanes of at least 4 members (excludes halogenated alkanes) is 2. The van der Waals surface area contributed by atoms with Gasteiger partial charge in [-0.3, -0.25) is 9.59 Å². The molecular weight excluding hydrogens is 385 g/mol. The summed E-state index contributed by atoms with van der Waals surface area (Å²) in [5.74, 6) is 0.814. The molecule has 0 spiro atoms. The second-order valence-corrected chi connectivity index (χ2v) is 8.82. The van der Waals surface area contributed by atoms with Crippen LogP contribution in [0.4, 0.5) is 0 Å². The van der Waals surface area contributed by atoms with E-state index in [1.807, 2.05) is 6.07 Å². The average molecular weight is 412 g/mol. The molecular formula is C21H27Cl2NO3. The molecule has 148 valence electrons. The van der Waals surface area contributed by atoms with Crippen molar-refractivity contribution in [3.05, 3.63) is 27.2 Å². The highest BCUT2D eigenvalue weighted by Crippen LogP contribution is 2.52. The third-order valence-corrected chi connectivity index (χ3v) is 6.99. The van der Waals surface area contributed by atoms with E-state index in [9.17, 15) is 9.59 Å². The van der Waals surface area contributed by atoms with Gasteiger partial charge in [0, 0.05) is 17.4 Å². The summed E-state index contributed by atoms with van der Waals surface area (Å²) in [4.78, 5) is 23.9. The fraction of sp³-hybridized carbons (Fsp3) is 0.619. The fourth-order valence-corrected chi connectivity index (χ4v) is 5.06. The van der Waals surface area contributed by atoms with E-state index in [2.05, 4.69) is 6.92 Å². The highest BCUT2D eigenvalue weighted by Gasteiger charge is 2.49. The highest BCUT2D eigenvalue weighted by atomic mass is 35.5. The molecule has 0 saturated heterocycles. The Balaban J connectivity index is 1.69. The predicted octanol–water partition coefficient (Wildman–Crippen LogP) is 5.35. The van der Waals surface area contributed by atoms with Crippen molar-refractivity contribution in [3.63, 3.8) is 0 Å². The predicted molar refractivity (Wildman–Crippen MR) is 108 cm³/mol. The summed E-state index contributed by atoms with van der Waals surface area (Å²) >= 11 is 12.9. The molecule has 0 aromatic heterocycles. The first-order chi connectivity index (χ1) is 12.8. The number of carbonyl (C=O) groups excluding carboxylic acids is 2. The molecule has 1 fully saturated rings. The highest BCUT2D eigenvalue weighted by molar-refractivity contribution is 6.45. The van der Waals surface area contributed by atoms with Crippen LogP contribution >= 0.6 is 23.2 Å². The Hall–Kier alpha value is -1.26. The standard InChI is InChI=1S/C21H27Cl2NO3/c1-21(14-7-4-5-8-14)12-13-11-15(18(22)19(23)17(13)20(21)26)27-10-6-2-3-9-16(24)25/h11,14H,2-10,12H2,1H3,(H2,24,25). The second kappa shape index (κ2) is 8.40. The lowest BCUT2D eigenvalue weighted by molar-refractivity contribution is -0.118. The number of hydrogen-bond acceptors (Lipinski definition) is 3. The van der Waals surface area contributed by atoms with Gasteiger partial charge in [0.1, 0.15) is 10.8 Å². The van der Waals surface area contributed by atoms with Gasteiger partial charge in [0.25, 0.3) is 0 Å². The van der Waals surface area contributed by atoms with Crippen molar-refractivity contribution in [2.45, 2.75) is 64.7 Å². The topological polar surface area (TPSA) is 69.4 Å². The number of ether oxygens (including phenoxy) is 1. The molecule has 0 radical (unpaired) electrons. The van der Waals surface area contributed by atoms with E-state index in [-0.39, 0.29) is 17.1 Å². The normalized spacial score (nSPS) is 22.3. The third kappa shape index (κ3) is 4.12. The van der Waals surface area contributed by atoms with Gasteiger partial charge in [-0.1, -0.05) is 43.0 Å². The number of Topliss-reactive ketones (excluding diaryl/α,β-unsaturated/α-hetero) is 1. The number of primary amides is 1. The van der Waals surface area contributed by atoms with Crippen molar-refractivity contribution in [2.75, 3.05) is 6.61 Å².